The number of nitrogens with one attached hydrogen (secondary N) is 1. The number of aromatic nitrogens is 2. The summed E-state index contributed by atoms with van der Waals surface area (Å²) in [4.78, 5) is 0.894. The van der Waals surface area contributed by atoms with Crippen molar-refractivity contribution in [2.75, 3.05) is 0 Å². The van der Waals surface area contributed by atoms with E-state index in [-0.39, 0.29) is 5.88 Å². The Balaban J connectivity index is 2.36. The number of thiol groups is 1. The first-order valence-electron chi connectivity index (χ1n) is 3.23. The summed E-state index contributed by atoms with van der Waals surface area (Å²) in [5.74, 6) is 0.187. The fraction of sp³-hybridized carbons (Fsp3) is 0. The highest BCUT2D eigenvalue weighted by atomic mass is 32.2. The van der Waals surface area contributed by atoms with Gasteiger partial charge in [0.15, 0.2) is 0 Å². The van der Waals surface area contributed by atoms with Gasteiger partial charge in [-0.25, -0.2) is 5.10 Å². The molecule has 0 saturated heterocycles. The van der Waals surface area contributed by atoms with Gasteiger partial charge >= 0.3 is 0 Å². The van der Waals surface area contributed by atoms with Gasteiger partial charge in [0.05, 0.1) is 11.1 Å². The molecule has 1 aromatic heterocycles. The molecule has 11 heavy (non-hydrogen) atoms. The van der Waals surface area contributed by atoms with E-state index in [2.05, 4.69) is 21.0 Å². The van der Waals surface area contributed by atoms with Crippen LogP contribution in [0, 0.1) is 0 Å². The minimum atomic E-state index is -0.429. The van der Waals surface area contributed by atoms with E-state index in [1.807, 2.05) is 12.2 Å². The lowest BCUT2D eigenvalue weighted by Crippen LogP contribution is -1.69. The molecule has 0 bridgehead atoms. The molecule has 0 atom stereocenters. The van der Waals surface area contributed by atoms with Gasteiger partial charge in [0.2, 0.25) is 5.88 Å². The maximum Gasteiger partial charge on any atom is 0.219 e. The van der Waals surface area contributed by atoms with Crippen molar-refractivity contribution in [3.05, 3.63) is 29.2 Å². The van der Waals surface area contributed by atoms with Crippen LogP contribution in [0.25, 0.3) is 0 Å². The van der Waals surface area contributed by atoms with Gasteiger partial charge in [0.1, 0.15) is 0 Å². The molecule has 4 heteroatoms. The molecule has 1 aromatic rings. The number of nitrogens with zero attached hydrogens (tertiary/aromatic N) is 1. The Kier molecular flexibility index (Phi) is 1.47. The molecule has 0 aliphatic carbocycles. The van der Waals surface area contributed by atoms with Crippen LogP contribution in [0.3, 0.4) is 0 Å². The quantitative estimate of drug-likeness (QED) is 0.557. The zero-order valence-corrected chi connectivity index (χ0v) is 6.62. The van der Waals surface area contributed by atoms with E-state index in [1.54, 1.807) is 6.20 Å². The van der Waals surface area contributed by atoms with Crippen LogP contribution in [-0.4, -0.2) is 15.3 Å². The molecule has 1 aliphatic rings. The summed E-state index contributed by atoms with van der Waals surface area (Å²) in [6, 6.07) is 0. The highest BCUT2D eigenvalue weighted by molar-refractivity contribution is 8.22. The Morgan fingerprint density at radius 3 is 2.64 bits per heavy atom. The minimum absolute atomic E-state index is 0.187. The van der Waals surface area contributed by atoms with Gasteiger partial charge in [-0.2, -0.15) is 16.0 Å². The highest BCUT2D eigenvalue weighted by Crippen LogP contribution is 2.45. The Hall–Kier alpha value is -1.16. The third kappa shape index (κ3) is 1.05. The molecule has 0 aromatic carbocycles. The second-order valence-corrected chi connectivity index (χ2v) is 4.09. The summed E-state index contributed by atoms with van der Waals surface area (Å²) in [5.41, 5.74) is 0. The van der Waals surface area contributed by atoms with Crippen molar-refractivity contribution in [3.8, 4) is 5.88 Å². The molecule has 58 valence electrons. The number of aromatic hydroxyl groups is 1. The first kappa shape index (κ1) is 6.54. The summed E-state index contributed by atoms with van der Waals surface area (Å²) in [6.45, 7) is 0. The Morgan fingerprint density at radius 2 is 2.09 bits per heavy atom. The number of allylic oxidation sites excluding steroid dienone is 2. The lowest BCUT2D eigenvalue weighted by atomic mass is 10.6. The van der Waals surface area contributed by atoms with Crippen LogP contribution in [-0.2, 0) is 0 Å². The second kappa shape index (κ2) is 2.47. The zero-order valence-electron chi connectivity index (χ0n) is 5.73. The van der Waals surface area contributed by atoms with E-state index in [4.69, 9.17) is 0 Å². The summed E-state index contributed by atoms with van der Waals surface area (Å²) >= 11 is 0. The molecular formula is C7H8N2OS. The van der Waals surface area contributed by atoms with Gasteiger partial charge in [0.25, 0.3) is 0 Å². The molecule has 0 fully saturated rings. The fourth-order valence-corrected chi connectivity index (χ4v) is 2.43. The first-order valence-corrected chi connectivity index (χ1v) is 4.71. The largest absolute Gasteiger partial charge is 0.493 e. The van der Waals surface area contributed by atoms with Crippen LogP contribution < -0.4 is 0 Å². The van der Waals surface area contributed by atoms with E-state index < -0.39 is 10.9 Å². The van der Waals surface area contributed by atoms with E-state index in [1.165, 1.54) is 0 Å². The van der Waals surface area contributed by atoms with Gasteiger partial charge in [0, 0.05) is 0 Å². The average Bonchev–Trinajstić information content (AvgIpc) is 2.55. The third-order valence-electron chi connectivity index (χ3n) is 1.48. The number of hydrogen-bond acceptors (Lipinski definition) is 2. The van der Waals surface area contributed by atoms with E-state index >= 15 is 0 Å². The van der Waals surface area contributed by atoms with Gasteiger partial charge in [-0.3, -0.25) is 0 Å². The number of hydrogen-bond donors (Lipinski definition) is 3. The molecule has 2 heterocycles. The molecule has 0 spiro atoms. The number of aromatic amines is 1. The van der Waals surface area contributed by atoms with E-state index in [0.29, 0.717) is 0 Å². The van der Waals surface area contributed by atoms with Crippen LogP contribution in [0.4, 0.5) is 0 Å². The maximum atomic E-state index is 9.24. The SMILES string of the molecule is Oc1[nH]ncc1[SH]1C=CC=C1. The molecular weight excluding hydrogens is 160 g/mol. The summed E-state index contributed by atoms with van der Waals surface area (Å²) in [6.07, 6.45) is 5.64. The Labute approximate surface area is 66.8 Å². The zero-order chi connectivity index (χ0) is 7.68. The number of rotatable bonds is 1. The van der Waals surface area contributed by atoms with Crippen molar-refractivity contribution in [3.63, 3.8) is 0 Å². The van der Waals surface area contributed by atoms with Crippen LogP contribution in [0.1, 0.15) is 0 Å². The smallest absolute Gasteiger partial charge is 0.219 e. The first-order chi connectivity index (χ1) is 5.38. The molecule has 0 unspecified atom stereocenters. The van der Waals surface area contributed by atoms with Crippen molar-refractivity contribution in [2.24, 2.45) is 0 Å². The molecule has 2 rings (SSSR count). The van der Waals surface area contributed by atoms with E-state index in [0.717, 1.165) is 4.90 Å². The maximum absolute atomic E-state index is 9.24. The minimum Gasteiger partial charge on any atom is -0.493 e. The van der Waals surface area contributed by atoms with Crippen molar-refractivity contribution < 1.29 is 5.11 Å². The molecule has 0 amide bonds. The highest BCUT2D eigenvalue weighted by Gasteiger charge is 2.09. The molecule has 0 radical (unpaired) electrons. The van der Waals surface area contributed by atoms with Crippen LogP contribution in [0.15, 0.2) is 34.1 Å². The Morgan fingerprint density at radius 1 is 1.36 bits per heavy atom. The topological polar surface area (TPSA) is 48.9 Å². The lowest BCUT2D eigenvalue weighted by Gasteiger charge is -2.05. The fourth-order valence-electron chi connectivity index (χ4n) is 0.957. The molecule has 1 aliphatic heterocycles. The second-order valence-electron chi connectivity index (χ2n) is 2.19. The van der Waals surface area contributed by atoms with Crippen LogP contribution >= 0.6 is 10.9 Å². The van der Waals surface area contributed by atoms with Crippen LogP contribution in [0.5, 0.6) is 5.88 Å². The standard InChI is InChI=1S/C7H8N2OS/c10-7-6(5-8-9-7)11-3-1-2-4-11/h1-5,11H,(H2,8,9,10). The third-order valence-corrected chi connectivity index (χ3v) is 3.35. The van der Waals surface area contributed by atoms with Crippen molar-refractivity contribution in [2.45, 2.75) is 4.90 Å². The summed E-state index contributed by atoms with van der Waals surface area (Å²) < 4.78 is 0. The normalized spacial score (nSPS) is 18.0. The molecule has 2 N–H and O–H groups in total. The summed E-state index contributed by atoms with van der Waals surface area (Å²) in [5, 5.41) is 19.6. The monoisotopic (exact) mass is 168 g/mol. The average molecular weight is 168 g/mol. The van der Waals surface area contributed by atoms with Crippen molar-refractivity contribution >= 4 is 10.9 Å². The van der Waals surface area contributed by atoms with Gasteiger partial charge in [-0.1, -0.05) is 12.2 Å². The predicted octanol–water partition coefficient (Wildman–Crippen LogP) is 1.52. The Bertz CT molecular complexity index is 304. The predicted molar refractivity (Wildman–Crippen MR) is 45.8 cm³/mol. The van der Waals surface area contributed by atoms with Gasteiger partial charge < -0.3 is 5.11 Å². The van der Waals surface area contributed by atoms with Crippen molar-refractivity contribution in [1.82, 2.24) is 10.2 Å². The molecule has 3 nitrogen and oxygen atoms in total. The lowest BCUT2D eigenvalue weighted by molar-refractivity contribution is 0.441. The summed E-state index contributed by atoms with van der Waals surface area (Å²) in [7, 11) is -0.429. The molecule has 0 saturated carbocycles. The van der Waals surface area contributed by atoms with Crippen molar-refractivity contribution in [1.29, 1.82) is 0 Å². The number of H-pyrrole nitrogens is 1. The van der Waals surface area contributed by atoms with E-state index in [9.17, 15) is 5.11 Å². The van der Waals surface area contributed by atoms with Gasteiger partial charge in [-0.15, -0.1) is 0 Å². The van der Waals surface area contributed by atoms with Gasteiger partial charge in [-0.05, 0) is 10.8 Å². The van der Waals surface area contributed by atoms with Crippen LogP contribution in [0.2, 0.25) is 0 Å².